The van der Waals surface area contributed by atoms with Crippen molar-refractivity contribution in [3.63, 3.8) is 0 Å². The van der Waals surface area contributed by atoms with Gasteiger partial charge >= 0.3 is 0 Å². The van der Waals surface area contributed by atoms with Crippen LogP contribution in [0.4, 0.5) is 0 Å². The van der Waals surface area contributed by atoms with Gasteiger partial charge < -0.3 is 4.74 Å². The summed E-state index contributed by atoms with van der Waals surface area (Å²) in [7, 11) is 0. The molecule has 1 aliphatic carbocycles. The number of nitrogens with zero attached hydrogens (tertiary/aromatic N) is 2. The lowest BCUT2D eigenvalue weighted by molar-refractivity contribution is 0.306. The Kier molecular flexibility index (Phi) is 7.29. The van der Waals surface area contributed by atoms with Crippen LogP contribution in [0.5, 0.6) is 5.75 Å². The van der Waals surface area contributed by atoms with Gasteiger partial charge in [-0.05, 0) is 76.2 Å². The van der Waals surface area contributed by atoms with Gasteiger partial charge in [0.15, 0.2) is 4.80 Å². The monoisotopic (exact) mass is 688 g/mol. The van der Waals surface area contributed by atoms with Crippen LogP contribution in [0.2, 0.25) is 5.02 Å². The number of benzene rings is 5. The van der Waals surface area contributed by atoms with Crippen molar-refractivity contribution in [2.75, 3.05) is 0 Å². The topological polar surface area (TPSA) is 43.6 Å². The molecule has 0 unspecified atom stereocenters. The van der Waals surface area contributed by atoms with Gasteiger partial charge in [-0.3, -0.25) is 9.36 Å². The van der Waals surface area contributed by atoms with Gasteiger partial charge in [-0.2, -0.15) is 0 Å². The Morgan fingerprint density at radius 1 is 0.911 bits per heavy atom. The third kappa shape index (κ3) is 5.07. The highest BCUT2D eigenvalue weighted by Gasteiger charge is 2.33. The maximum absolute atomic E-state index is 14.5. The Balaban J connectivity index is 1.33. The number of hydrogen-bond acceptors (Lipinski definition) is 4. The van der Waals surface area contributed by atoms with Crippen LogP contribution in [0.25, 0.3) is 22.5 Å². The Morgan fingerprint density at radius 2 is 1.69 bits per heavy atom. The Hall–Kier alpha value is -4.23. The summed E-state index contributed by atoms with van der Waals surface area (Å²) in [6.07, 6.45) is 3.68. The van der Waals surface area contributed by atoms with Gasteiger partial charge in [0, 0.05) is 20.6 Å². The molecule has 1 aliphatic heterocycles. The lowest BCUT2D eigenvalue weighted by Crippen LogP contribution is -2.38. The number of allylic oxidation sites excluding steroid dienone is 1. The molecule has 0 fully saturated rings. The van der Waals surface area contributed by atoms with E-state index in [9.17, 15) is 4.79 Å². The molecule has 0 radical (unpaired) electrons. The van der Waals surface area contributed by atoms with Gasteiger partial charge in [0.1, 0.15) is 12.4 Å². The quantitative estimate of drug-likeness (QED) is 0.182. The summed E-state index contributed by atoms with van der Waals surface area (Å²) in [5, 5.41) is 2.74. The van der Waals surface area contributed by atoms with Crippen LogP contribution < -0.4 is 19.6 Å². The van der Waals surface area contributed by atoms with Gasteiger partial charge in [-0.25, -0.2) is 4.99 Å². The van der Waals surface area contributed by atoms with Gasteiger partial charge in [0.05, 0.1) is 16.3 Å². The molecule has 45 heavy (non-hydrogen) atoms. The number of thiazole rings is 1. The summed E-state index contributed by atoms with van der Waals surface area (Å²) < 4.78 is 9.88. The van der Waals surface area contributed by atoms with Crippen LogP contribution in [0.1, 0.15) is 40.3 Å². The molecule has 0 bridgehead atoms. The number of aromatic nitrogens is 1. The molecule has 220 valence electrons. The zero-order chi connectivity index (χ0) is 30.5. The Bertz CT molecular complexity index is 2340. The molecule has 0 saturated carbocycles. The first-order chi connectivity index (χ1) is 22.0. The lowest BCUT2D eigenvalue weighted by atomic mass is 9.83. The maximum Gasteiger partial charge on any atom is 0.271 e. The van der Waals surface area contributed by atoms with E-state index < -0.39 is 0 Å². The first-order valence-corrected chi connectivity index (χ1v) is 16.8. The Morgan fingerprint density at radius 3 is 2.56 bits per heavy atom. The van der Waals surface area contributed by atoms with Crippen LogP contribution in [0.3, 0.4) is 0 Å². The minimum absolute atomic E-state index is 0.0825. The molecule has 2 aliphatic rings. The smallest absolute Gasteiger partial charge is 0.271 e. The molecule has 5 aromatic carbocycles. The van der Waals surface area contributed by atoms with E-state index >= 15 is 0 Å². The molecule has 1 aromatic heterocycles. The highest BCUT2D eigenvalue weighted by molar-refractivity contribution is 9.10. The molecule has 1 atom stereocenters. The molecule has 2 heterocycles. The van der Waals surface area contributed by atoms with Crippen molar-refractivity contribution in [1.29, 1.82) is 0 Å². The average Bonchev–Trinajstić information content (AvgIpc) is 3.38. The summed E-state index contributed by atoms with van der Waals surface area (Å²) in [4.78, 5) is 20.3. The molecule has 4 nitrogen and oxygen atoms in total. The third-order valence-electron chi connectivity index (χ3n) is 8.59. The van der Waals surface area contributed by atoms with Crippen molar-refractivity contribution >= 4 is 61.4 Å². The normalized spacial score (nSPS) is 15.8. The van der Waals surface area contributed by atoms with Gasteiger partial charge in [0.25, 0.3) is 5.56 Å². The number of aryl methyl sites for hydroxylation is 1. The van der Waals surface area contributed by atoms with E-state index in [2.05, 4.69) is 58.4 Å². The average molecular weight is 690 g/mol. The second-order valence-electron chi connectivity index (χ2n) is 11.2. The Labute approximate surface area is 277 Å². The van der Waals surface area contributed by atoms with E-state index in [1.165, 1.54) is 16.9 Å². The van der Waals surface area contributed by atoms with Crippen molar-refractivity contribution < 1.29 is 4.74 Å². The minimum Gasteiger partial charge on any atom is -0.488 e. The third-order valence-corrected chi connectivity index (χ3v) is 10.4. The van der Waals surface area contributed by atoms with Gasteiger partial charge in [0.2, 0.25) is 0 Å². The van der Waals surface area contributed by atoms with E-state index in [0.29, 0.717) is 21.0 Å². The summed E-state index contributed by atoms with van der Waals surface area (Å²) in [5.41, 5.74) is 7.26. The van der Waals surface area contributed by atoms with Gasteiger partial charge in [-0.1, -0.05) is 124 Å². The van der Waals surface area contributed by atoms with Crippen LogP contribution in [0.15, 0.2) is 129 Å². The van der Waals surface area contributed by atoms with Crippen molar-refractivity contribution in [3.05, 3.63) is 172 Å². The molecule has 8 rings (SSSR count). The number of ether oxygens (including phenoxy) is 1. The predicted octanol–water partition coefficient (Wildman–Crippen LogP) is 8.47. The molecule has 6 aromatic rings. The molecule has 7 heteroatoms. The van der Waals surface area contributed by atoms with Crippen LogP contribution in [-0.4, -0.2) is 4.57 Å². The predicted molar refractivity (Wildman–Crippen MR) is 187 cm³/mol. The SMILES string of the molecule is O=c1/c(=C\c2c(OCc3ccc(Br)cc3)ccc3ccccc23)sc2n1[C@@H](c1ccccc1Cl)C1=C(N=2)c2ccccc2CC1. The summed E-state index contributed by atoms with van der Waals surface area (Å²) in [6.45, 7) is 0.409. The molecular formula is C38H26BrClN2O2S. The molecule has 0 saturated heterocycles. The zero-order valence-electron chi connectivity index (χ0n) is 24.0. The first-order valence-electron chi connectivity index (χ1n) is 14.8. The molecule has 0 spiro atoms. The molecule has 0 N–H and O–H groups in total. The van der Waals surface area contributed by atoms with E-state index in [-0.39, 0.29) is 11.6 Å². The maximum atomic E-state index is 14.5. The van der Waals surface area contributed by atoms with Crippen LogP contribution in [-0.2, 0) is 13.0 Å². The number of rotatable bonds is 5. The van der Waals surface area contributed by atoms with E-state index in [1.54, 1.807) is 0 Å². The van der Waals surface area contributed by atoms with Crippen molar-refractivity contribution in [3.8, 4) is 5.75 Å². The number of fused-ring (bicyclic) bond motifs is 4. The van der Waals surface area contributed by atoms with Crippen molar-refractivity contribution in [2.45, 2.75) is 25.5 Å². The highest BCUT2D eigenvalue weighted by Crippen LogP contribution is 2.42. The zero-order valence-corrected chi connectivity index (χ0v) is 27.2. The second kappa shape index (κ2) is 11.6. The largest absolute Gasteiger partial charge is 0.488 e. The minimum atomic E-state index is -0.332. The lowest BCUT2D eigenvalue weighted by Gasteiger charge is -2.31. The fourth-order valence-corrected chi connectivity index (χ4v) is 7.91. The summed E-state index contributed by atoms with van der Waals surface area (Å²) in [5.74, 6) is 0.721. The highest BCUT2D eigenvalue weighted by atomic mass is 79.9. The van der Waals surface area contributed by atoms with Crippen molar-refractivity contribution in [1.82, 2.24) is 4.57 Å². The van der Waals surface area contributed by atoms with E-state index in [1.807, 2.05) is 77.4 Å². The summed E-state index contributed by atoms with van der Waals surface area (Å²) in [6, 6.07) is 36.3. The number of halogens is 2. The molecular weight excluding hydrogens is 664 g/mol. The summed E-state index contributed by atoms with van der Waals surface area (Å²) >= 11 is 11.8. The number of hydrogen-bond donors (Lipinski definition) is 0. The second-order valence-corrected chi connectivity index (χ2v) is 13.6. The fourth-order valence-electron chi connectivity index (χ4n) is 6.42. The van der Waals surface area contributed by atoms with Crippen LogP contribution in [0, 0.1) is 0 Å². The standard InChI is InChI=1S/C38H26BrClN2O2S/c39-26-17-13-23(14-18-26)22-44-33-20-16-24-7-1-3-9-27(24)31(33)21-34-37(43)42-36(29-11-5-6-12-32(29)40)30-19-15-25-8-2-4-10-28(25)35(30)41-38(42)45-34/h1-14,16-18,20-21,36H,15,19,22H2/b34-21+/t36-/m0/s1. The molecule has 0 amide bonds. The van der Waals surface area contributed by atoms with Crippen molar-refractivity contribution in [2.24, 2.45) is 4.99 Å². The van der Waals surface area contributed by atoms with E-state index in [0.717, 1.165) is 67.4 Å². The van der Waals surface area contributed by atoms with Gasteiger partial charge in [-0.15, -0.1) is 0 Å². The van der Waals surface area contributed by atoms with Crippen LogP contribution >= 0.6 is 38.9 Å². The van der Waals surface area contributed by atoms with E-state index in [4.69, 9.17) is 21.3 Å². The first kappa shape index (κ1) is 28.3. The fraction of sp³-hybridized carbons (Fsp3) is 0.105.